The van der Waals surface area contributed by atoms with Gasteiger partial charge < -0.3 is 11.1 Å². The molecule has 3 N–H and O–H groups in total. The monoisotopic (exact) mass is 293 g/mol. The number of allylic oxidation sites excluding steroid dienone is 1. The summed E-state index contributed by atoms with van der Waals surface area (Å²) in [5.41, 5.74) is 6.88. The van der Waals surface area contributed by atoms with Crippen molar-refractivity contribution >= 4 is 11.8 Å². The topological polar surface area (TPSA) is 75.4 Å². The molecule has 118 valence electrons. The Morgan fingerprint density at radius 3 is 2.86 bits per heavy atom. The molecule has 1 atom stereocenters. The van der Waals surface area contributed by atoms with Crippen LogP contribution in [0.3, 0.4) is 0 Å². The lowest BCUT2D eigenvalue weighted by Gasteiger charge is -2.32. The van der Waals surface area contributed by atoms with E-state index in [0.29, 0.717) is 6.54 Å². The van der Waals surface area contributed by atoms with Crippen LogP contribution in [0.15, 0.2) is 11.6 Å². The highest BCUT2D eigenvalue weighted by molar-refractivity contribution is 5.82. The molecule has 21 heavy (non-hydrogen) atoms. The van der Waals surface area contributed by atoms with E-state index in [1.165, 1.54) is 31.3 Å². The molecule has 0 aromatic heterocycles. The summed E-state index contributed by atoms with van der Waals surface area (Å²) in [5, 5.41) is 2.96. The highest BCUT2D eigenvalue weighted by Gasteiger charge is 2.28. The number of nitrogens with zero attached hydrogens (tertiary/aromatic N) is 1. The molecule has 5 heteroatoms. The minimum atomic E-state index is -0.310. The molecule has 0 spiro atoms. The molecule has 5 nitrogen and oxygen atoms in total. The lowest BCUT2D eigenvalue weighted by atomic mass is 9.97. The molecule has 1 aliphatic carbocycles. The third-order valence-electron chi connectivity index (χ3n) is 4.44. The van der Waals surface area contributed by atoms with Crippen molar-refractivity contribution in [3.05, 3.63) is 11.6 Å². The second-order valence-corrected chi connectivity index (χ2v) is 6.09. The number of carbonyl (C=O) groups excluding carboxylic acids is 2. The summed E-state index contributed by atoms with van der Waals surface area (Å²) >= 11 is 0. The van der Waals surface area contributed by atoms with Crippen LogP contribution in [0.5, 0.6) is 0 Å². The maximum atomic E-state index is 12.0. The first kappa shape index (κ1) is 16.0. The van der Waals surface area contributed by atoms with Gasteiger partial charge in [-0.3, -0.25) is 14.5 Å². The van der Waals surface area contributed by atoms with Gasteiger partial charge in [0.05, 0.1) is 12.6 Å². The number of rotatable bonds is 6. The van der Waals surface area contributed by atoms with E-state index in [1.54, 1.807) is 0 Å². The zero-order valence-corrected chi connectivity index (χ0v) is 12.8. The van der Waals surface area contributed by atoms with Crippen molar-refractivity contribution in [3.8, 4) is 0 Å². The fourth-order valence-corrected chi connectivity index (χ4v) is 3.24. The lowest BCUT2D eigenvalue weighted by molar-refractivity contribution is -0.128. The summed E-state index contributed by atoms with van der Waals surface area (Å²) in [5.74, 6) is -0.311. The van der Waals surface area contributed by atoms with Gasteiger partial charge in [-0.1, -0.05) is 18.1 Å². The van der Waals surface area contributed by atoms with Crippen LogP contribution in [0, 0.1) is 0 Å². The molecular weight excluding hydrogens is 266 g/mol. The largest absolute Gasteiger partial charge is 0.368 e. The molecule has 0 radical (unpaired) electrons. The first-order chi connectivity index (χ1) is 10.2. The zero-order valence-electron chi connectivity index (χ0n) is 12.8. The highest BCUT2D eigenvalue weighted by Crippen LogP contribution is 2.19. The highest BCUT2D eigenvalue weighted by atomic mass is 16.2. The molecule has 2 rings (SSSR count). The molecular formula is C16H27N3O2. The van der Waals surface area contributed by atoms with Gasteiger partial charge in [-0.25, -0.2) is 0 Å². The van der Waals surface area contributed by atoms with Crippen LogP contribution < -0.4 is 11.1 Å². The van der Waals surface area contributed by atoms with Gasteiger partial charge in [0.2, 0.25) is 11.8 Å². The van der Waals surface area contributed by atoms with Gasteiger partial charge in [0.1, 0.15) is 0 Å². The summed E-state index contributed by atoms with van der Waals surface area (Å²) in [6, 6.07) is -0.273. The number of piperidine rings is 1. The summed E-state index contributed by atoms with van der Waals surface area (Å²) in [6.07, 6.45) is 11.0. The average Bonchev–Trinajstić information content (AvgIpc) is 2.48. The Hall–Kier alpha value is -1.36. The Morgan fingerprint density at radius 1 is 1.29 bits per heavy atom. The quantitative estimate of drug-likeness (QED) is 0.726. The van der Waals surface area contributed by atoms with Crippen LogP contribution in [-0.4, -0.2) is 42.4 Å². The van der Waals surface area contributed by atoms with Crippen molar-refractivity contribution in [2.75, 3.05) is 19.6 Å². The van der Waals surface area contributed by atoms with Gasteiger partial charge in [0.15, 0.2) is 0 Å². The summed E-state index contributed by atoms with van der Waals surface area (Å²) < 4.78 is 0. The maximum absolute atomic E-state index is 12.0. The van der Waals surface area contributed by atoms with Crippen LogP contribution in [0.4, 0.5) is 0 Å². The summed E-state index contributed by atoms with van der Waals surface area (Å²) in [7, 11) is 0. The molecule has 1 saturated heterocycles. The van der Waals surface area contributed by atoms with E-state index in [1.807, 2.05) is 4.90 Å². The van der Waals surface area contributed by atoms with Gasteiger partial charge >= 0.3 is 0 Å². The molecule has 1 fully saturated rings. The van der Waals surface area contributed by atoms with Gasteiger partial charge in [-0.05, 0) is 51.5 Å². The Balaban J connectivity index is 1.70. The van der Waals surface area contributed by atoms with E-state index in [4.69, 9.17) is 5.73 Å². The summed E-state index contributed by atoms with van der Waals surface area (Å²) in [4.78, 5) is 25.3. The first-order valence-corrected chi connectivity index (χ1v) is 8.15. The van der Waals surface area contributed by atoms with Crippen molar-refractivity contribution in [2.24, 2.45) is 5.73 Å². The number of primary amides is 1. The summed E-state index contributed by atoms with van der Waals surface area (Å²) in [6.45, 7) is 1.76. The second-order valence-electron chi connectivity index (χ2n) is 6.09. The standard InChI is InChI=1S/C16H27N3O2/c17-16(21)14-8-4-5-11-19(14)12-15(20)18-10-9-13-6-2-1-3-7-13/h6,14H,1-5,7-12H2,(H2,17,21)(H,18,20)/t14-/m0/s1. The molecule has 0 aromatic carbocycles. The van der Waals surface area contributed by atoms with E-state index in [2.05, 4.69) is 11.4 Å². The molecule has 1 heterocycles. The SMILES string of the molecule is NC(=O)[C@@H]1CCCCN1CC(=O)NCCC1=CCCCC1. The normalized spacial score (nSPS) is 23.4. The third-order valence-corrected chi connectivity index (χ3v) is 4.44. The number of nitrogens with one attached hydrogen (secondary N) is 1. The van der Waals surface area contributed by atoms with Crippen molar-refractivity contribution in [3.63, 3.8) is 0 Å². The predicted octanol–water partition coefficient (Wildman–Crippen LogP) is 1.33. The zero-order chi connectivity index (χ0) is 15.1. The Morgan fingerprint density at radius 2 is 2.14 bits per heavy atom. The van der Waals surface area contributed by atoms with Crippen LogP contribution in [-0.2, 0) is 9.59 Å². The van der Waals surface area contributed by atoms with E-state index >= 15 is 0 Å². The number of hydrogen-bond donors (Lipinski definition) is 2. The number of hydrogen-bond acceptors (Lipinski definition) is 3. The third kappa shape index (κ3) is 5.16. The van der Waals surface area contributed by atoms with Crippen LogP contribution in [0.25, 0.3) is 0 Å². The lowest BCUT2D eigenvalue weighted by Crippen LogP contribution is -2.51. The fourth-order valence-electron chi connectivity index (χ4n) is 3.24. The minimum Gasteiger partial charge on any atom is -0.368 e. The first-order valence-electron chi connectivity index (χ1n) is 8.15. The van der Waals surface area contributed by atoms with E-state index in [0.717, 1.165) is 32.2 Å². The van der Waals surface area contributed by atoms with Gasteiger partial charge in [0, 0.05) is 6.54 Å². The number of likely N-dealkylation sites (tertiary alicyclic amines) is 1. The van der Waals surface area contributed by atoms with E-state index in [-0.39, 0.29) is 24.4 Å². The molecule has 0 bridgehead atoms. The van der Waals surface area contributed by atoms with Crippen molar-refractivity contribution in [1.29, 1.82) is 0 Å². The molecule has 2 amide bonds. The predicted molar refractivity (Wildman–Crippen MR) is 82.6 cm³/mol. The molecule has 0 saturated carbocycles. The number of amides is 2. The fraction of sp³-hybridized carbons (Fsp3) is 0.750. The average molecular weight is 293 g/mol. The number of nitrogens with two attached hydrogens (primary N) is 1. The van der Waals surface area contributed by atoms with E-state index in [9.17, 15) is 9.59 Å². The van der Waals surface area contributed by atoms with Crippen LogP contribution in [0.2, 0.25) is 0 Å². The van der Waals surface area contributed by atoms with Gasteiger partial charge in [-0.15, -0.1) is 0 Å². The minimum absolute atomic E-state index is 0.000408. The maximum Gasteiger partial charge on any atom is 0.234 e. The van der Waals surface area contributed by atoms with Crippen molar-refractivity contribution < 1.29 is 9.59 Å². The molecule has 1 aliphatic heterocycles. The van der Waals surface area contributed by atoms with Gasteiger partial charge in [0.25, 0.3) is 0 Å². The molecule has 0 unspecified atom stereocenters. The smallest absolute Gasteiger partial charge is 0.234 e. The molecule has 0 aromatic rings. The second kappa shape index (κ2) is 8.17. The Kier molecular flexibility index (Phi) is 6.23. The van der Waals surface area contributed by atoms with Gasteiger partial charge in [-0.2, -0.15) is 0 Å². The molecule has 2 aliphatic rings. The Labute approximate surface area is 126 Å². The van der Waals surface area contributed by atoms with Crippen LogP contribution >= 0.6 is 0 Å². The number of carbonyl (C=O) groups is 2. The Bertz CT molecular complexity index is 406. The van der Waals surface area contributed by atoms with Crippen LogP contribution in [0.1, 0.15) is 51.4 Å². The van der Waals surface area contributed by atoms with Crippen molar-refractivity contribution in [1.82, 2.24) is 10.2 Å². The van der Waals surface area contributed by atoms with E-state index < -0.39 is 0 Å². The van der Waals surface area contributed by atoms with Crippen molar-refractivity contribution in [2.45, 2.75) is 57.4 Å².